The zero-order chi connectivity index (χ0) is 10.7. The summed E-state index contributed by atoms with van der Waals surface area (Å²) >= 11 is 0. The van der Waals surface area contributed by atoms with Gasteiger partial charge in [-0.2, -0.15) is 0 Å². The smallest absolute Gasteiger partial charge is 0.137 e. The van der Waals surface area contributed by atoms with Gasteiger partial charge in [-0.3, -0.25) is 4.48 Å². The Kier molecular flexibility index (Phi) is 3.91. The lowest BCUT2D eigenvalue weighted by Gasteiger charge is -2.28. The zero-order valence-electron chi connectivity index (χ0n) is 9.22. The third kappa shape index (κ3) is 2.34. The van der Waals surface area contributed by atoms with Gasteiger partial charge in [-0.1, -0.05) is 44.8 Å². The Morgan fingerprint density at radius 1 is 0.625 bits per heavy atom. The molecule has 1 nitrogen and oxygen atoms in total. The average molecular weight is 213 g/mol. The second-order valence-corrected chi connectivity index (χ2v) is 4.12. The minimum atomic E-state index is 0. The van der Waals surface area contributed by atoms with Gasteiger partial charge in [-0.15, -0.1) is 0 Å². The van der Waals surface area contributed by atoms with Crippen molar-refractivity contribution in [3.63, 3.8) is 0 Å². The molecular formula is C14H20BN. The highest BCUT2D eigenvalue weighted by atomic mass is 15.3. The van der Waals surface area contributed by atoms with Crippen LogP contribution in [0.15, 0.2) is 60.7 Å². The summed E-state index contributed by atoms with van der Waals surface area (Å²) in [4.78, 5) is 0. The van der Waals surface area contributed by atoms with Gasteiger partial charge in [0.05, 0.1) is 14.1 Å². The molecule has 0 atom stereocenters. The van der Waals surface area contributed by atoms with Crippen LogP contribution < -0.4 is 4.48 Å². The van der Waals surface area contributed by atoms with Crippen molar-refractivity contribution in [1.29, 1.82) is 0 Å². The molecule has 0 unspecified atom stereocenters. The van der Waals surface area contributed by atoms with Crippen molar-refractivity contribution in [1.82, 2.24) is 4.48 Å². The van der Waals surface area contributed by atoms with Crippen LogP contribution >= 0.6 is 0 Å². The van der Waals surface area contributed by atoms with E-state index in [0.29, 0.717) is 0 Å². The first-order valence-corrected chi connectivity index (χ1v) is 5.16. The van der Waals surface area contributed by atoms with Gasteiger partial charge in [0.1, 0.15) is 11.4 Å². The van der Waals surface area contributed by atoms with Crippen LogP contribution in [0.1, 0.15) is 0 Å². The van der Waals surface area contributed by atoms with Crippen LogP contribution in [0.5, 0.6) is 0 Å². The molecule has 2 aromatic rings. The van der Waals surface area contributed by atoms with E-state index < -0.39 is 0 Å². The summed E-state index contributed by atoms with van der Waals surface area (Å²) in [5.41, 5.74) is 2.59. The number of para-hydroxylation sites is 2. The lowest BCUT2D eigenvalue weighted by atomic mass is 10.2. The monoisotopic (exact) mass is 213 g/mol. The lowest BCUT2D eigenvalue weighted by Crippen LogP contribution is -2.33. The van der Waals surface area contributed by atoms with Crippen LogP contribution in [0.4, 0.5) is 11.4 Å². The van der Waals surface area contributed by atoms with Crippen LogP contribution in [0.2, 0.25) is 0 Å². The minimum absolute atomic E-state index is 0. The highest BCUT2D eigenvalue weighted by Gasteiger charge is 2.20. The van der Waals surface area contributed by atoms with Gasteiger partial charge in [-0.05, 0) is 24.3 Å². The van der Waals surface area contributed by atoms with Gasteiger partial charge in [0.2, 0.25) is 0 Å². The van der Waals surface area contributed by atoms with Crippen LogP contribution in [0, 0.1) is 0 Å². The first-order valence-electron chi connectivity index (χ1n) is 5.16. The van der Waals surface area contributed by atoms with E-state index in [-0.39, 0.29) is 8.41 Å². The Hall–Kier alpha value is -1.54. The van der Waals surface area contributed by atoms with Crippen LogP contribution in [0.25, 0.3) is 0 Å². The fourth-order valence-electron chi connectivity index (χ4n) is 1.75. The van der Waals surface area contributed by atoms with E-state index in [1.54, 1.807) is 0 Å². The first kappa shape index (κ1) is 12.5. The van der Waals surface area contributed by atoms with Gasteiger partial charge in [-0.25, -0.2) is 0 Å². The molecule has 0 saturated heterocycles. The van der Waals surface area contributed by atoms with Crippen molar-refractivity contribution in [2.75, 3.05) is 14.1 Å². The third-order valence-corrected chi connectivity index (χ3v) is 2.80. The molecule has 16 heavy (non-hydrogen) atoms. The van der Waals surface area contributed by atoms with E-state index in [1.807, 2.05) is 0 Å². The molecule has 0 N–H and O–H groups in total. The Balaban J connectivity index is 0.00000128. The molecule has 0 amide bonds. The highest BCUT2D eigenvalue weighted by molar-refractivity contribution is 5.75. The molecule has 0 bridgehead atoms. The largest absolute Gasteiger partial charge is 0.264 e. The highest BCUT2D eigenvalue weighted by Crippen LogP contribution is 2.29. The fraction of sp³-hybridized carbons (Fsp3) is 0.143. The second-order valence-electron chi connectivity index (χ2n) is 4.12. The quantitative estimate of drug-likeness (QED) is 0.529. The summed E-state index contributed by atoms with van der Waals surface area (Å²) < 4.78 is 0.779. The average Bonchev–Trinajstić information content (AvgIpc) is 2.31. The molecule has 2 heteroatoms. The lowest BCUT2D eigenvalue weighted by molar-refractivity contribution is 0.555. The molecule has 0 heterocycles. The topological polar surface area (TPSA) is 0 Å². The van der Waals surface area contributed by atoms with Crippen molar-refractivity contribution >= 4 is 19.8 Å². The maximum Gasteiger partial charge on any atom is 0.137 e. The molecular weight excluding hydrogens is 193 g/mol. The SMILES string of the molecule is C[N+](C)(c1ccccc1)c1ccccc1.[BH4-]. The number of hydrogen-bond donors (Lipinski definition) is 0. The predicted molar refractivity (Wildman–Crippen MR) is 77.5 cm³/mol. The Morgan fingerprint density at radius 3 is 1.25 bits per heavy atom. The molecule has 0 aliphatic rings. The molecule has 0 fully saturated rings. The van der Waals surface area contributed by atoms with E-state index in [0.717, 1.165) is 4.48 Å². The summed E-state index contributed by atoms with van der Waals surface area (Å²) in [5.74, 6) is 0. The predicted octanol–water partition coefficient (Wildman–Crippen LogP) is 2.13. The fourth-order valence-corrected chi connectivity index (χ4v) is 1.75. The molecule has 0 aromatic heterocycles. The molecule has 2 rings (SSSR count). The Bertz CT molecular complexity index is 382. The van der Waals surface area contributed by atoms with E-state index in [9.17, 15) is 0 Å². The van der Waals surface area contributed by atoms with Gasteiger partial charge in [0.25, 0.3) is 0 Å². The van der Waals surface area contributed by atoms with E-state index in [4.69, 9.17) is 0 Å². The van der Waals surface area contributed by atoms with Crippen LogP contribution in [-0.4, -0.2) is 22.5 Å². The van der Waals surface area contributed by atoms with Gasteiger partial charge in [0, 0.05) is 0 Å². The first-order chi connectivity index (χ1) is 7.21. The molecule has 84 valence electrons. The van der Waals surface area contributed by atoms with Crippen molar-refractivity contribution in [3.05, 3.63) is 60.7 Å². The number of rotatable bonds is 2. The van der Waals surface area contributed by atoms with Crippen molar-refractivity contribution in [2.24, 2.45) is 0 Å². The minimum Gasteiger partial charge on any atom is -0.264 e. The molecule has 2 aromatic carbocycles. The summed E-state index contributed by atoms with van der Waals surface area (Å²) in [6.45, 7) is 0. The zero-order valence-corrected chi connectivity index (χ0v) is 9.22. The normalized spacial score (nSPS) is 10.6. The van der Waals surface area contributed by atoms with Crippen LogP contribution in [-0.2, 0) is 0 Å². The Morgan fingerprint density at radius 2 is 0.938 bits per heavy atom. The Labute approximate surface area is 99.5 Å². The number of hydrogen-bond acceptors (Lipinski definition) is 0. The second kappa shape index (κ2) is 5.00. The van der Waals surface area contributed by atoms with Crippen molar-refractivity contribution in [2.45, 2.75) is 0 Å². The van der Waals surface area contributed by atoms with Gasteiger partial charge >= 0.3 is 0 Å². The van der Waals surface area contributed by atoms with Crippen molar-refractivity contribution in [3.8, 4) is 0 Å². The summed E-state index contributed by atoms with van der Waals surface area (Å²) in [6, 6.07) is 21.1. The van der Waals surface area contributed by atoms with Crippen LogP contribution in [0.3, 0.4) is 0 Å². The standard InChI is InChI=1S/C14H16N.BH4/c1-15(2,13-9-5-3-6-10-13)14-11-7-4-8-12-14;/h3-12H,1-2H3;1H4/q+1;-1. The summed E-state index contributed by atoms with van der Waals surface area (Å²) in [7, 11) is 4.40. The maximum absolute atomic E-state index is 2.20. The molecule has 0 saturated carbocycles. The molecule has 0 aliphatic heterocycles. The molecule has 0 radical (unpaired) electrons. The maximum atomic E-state index is 2.20. The van der Waals surface area contributed by atoms with E-state index in [1.165, 1.54) is 11.4 Å². The number of benzene rings is 2. The molecule has 0 aliphatic carbocycles. The van der Waals surface area contributed by atoms with Gasteiger partial charge < -0.3 is 0 Å². The summed E-state index contributed by atoms with van der Waals surface area (Å²) in [5, 5.41) is 0. The van der Waals surface area contributed by atoms with E-state index >= 15 is 0 Å². The van der Waals surface area contributed by atoms with Gasteiger partial charge in [0.15, 0.2) is 0 Å². The number of quaternary nitrogens is 1. The summed E-state index contributed by atoms with van der Waals surface area (Å²) in [6.07, 6.45) is 0. The molecule has 0 spiro atoms. The third-order valence-electron chi connectivity index (χ3n) is 2.80. The number of nitrogens with zero attached hydrogens (tertiary/aromatic N) is 1. The van der Waals surface area contributed by atoms with Crippen molar-refractivity contribution < 1.29 is 0 Å². The van der Waals surface area contributed by atoms with E-state index in [2.05, 4.69) is 74.8 Å².